The molecule has 222 valence electrons. The van der Waals surface area contributed by atoms with E-state index in [1.165, 1.54) is 21.3 Å². The summed E-state index contributed by atoms with van der Waals surface area (Å²) in [6.45, 7) is 0.667. The zero-order valence-corrected chi connectivity index (χ0v) is 26.7. The maximum Gasteiger partial charge on any atom is 0.605 e. The second-order valence-electron chi connectivity index (χ2n) is 8.13. The van der Waals surface area contributed by atoms with Crippen molar-refractivity contribution in [2.24, 2.45) is 4.52 Å². The van der Waals surface area contributed by atoms with Crippen molar-refractivity contribution in [1.29, 1.82) is 0 Å². The number of hydrogen-bond donors (Lipinski definition) is 1. The van der Waals surface area contributed by atoms with Gasteiger partial charge in [-0.15, -0.1) is 9.05 Å². The first-order valence-electron chi connectivity index (χ1n) is 12.4. The molecule has 3 atom stereocenters. The van der Waals surface area contributed by atoms with Gasteiger partial charge in [-0.2, -0.15) is 9.05 Å². The summed E-state index contributed by atoms with van der Waals surface area (Å²) >= 11 is 0. The zero-order valence-electron chi connectivity index (χ0n) is 24.0. The summed E-state index contributed by atoms with van der Waals surface area (Å²) < 4.78 is 56.3. The van der Waals surface area contributed by atoms with Crippen LogP contribution in [-0.2, 0) is 47.0 Å². The Hall–Kier alpha value is -2.26. The molecule has 0 radical (unpaired) electrons. The van der Waals surface area contributed by atoms with Crippen molar-refractivity contribution in [3.63, 3.8) is 0 Å². The summed E-state index contributed by atoms with van der Waals surface area (Å²) in [6.07, 6.45) is 0. The van der Waals surface area contributed by atoms with Crippen molar-refractivity contribution in [3.05, 3.63) is 89.5 Å². The molecule has 11 nitrogen and oxygen atoms in total. The molecule has 0 aliphatic rings. The Kier molecular flexibility index (Phi) is 14.3. The maximum absolute atomic E-state index is 6.33. The fourth-order valence-corrected chi connectivity index (χ4v) is 8.75. The predicted octanol–water partition coefficient (Wildman–Crippen LogP) is 7.59. The second-order valence-corrected chi connectivity index (χ2v) is 13.5. The van der Waals surface area contributed by atoms with E-state index in [9.17, 15) is 0 Å². The minimum atomic E-state index is -3.24. The molecule has 0 aromatic heterocycles. The third-order valence-corrected chi connectivity index (χ3v) is 11.0. The molecule has 0 aliphatic heterocycles. The van der Waals surface area contributed by atoms with Crippen molar-refractivity contribution in [3.8, 4) is 17.2 Å². The fourth-order valence-electron chi connectivity index (χ4n) is 3.35. The summed E-state index contributed by atoms with van der Waals surface area (Å²) in [5.74, 6) is 2.17. The highest BCUT2D eigenvalue weighted by molar-refractivity contribution is 7.74. The van der Waals surface area contributed by atoms with E-state index in [2.05, 4.69) is 4.86 Å². The van der Waals surface area contributed by atoms with Crippen molar-refractivity contribution >= 4 is 24.7 Å². The van der Waals surface area contributed by atoms with E-state index in [1.54, 1.807) is 21.3 Å². The molecule has 3 unspecified atom stereocenters. The van der Waals surface area contributed by atoms with Gasteiger partial charge in [0.05, 0.1) is 42.2 Å². The highest BCUT2D eigenvalue weighted by Crippen LogP contribution is 2.67. The topological polar surface area (TPSA) is 107 Å². The average Bonchev–Trinajstić information content (AvgIpc) is 3.03. The summed E-state index contributed by atoms with van der Waals surface area (Å²) in [4.78, 5) is 3.24. The lowest BCUT2D eigenvalue weighted by molar-refractivity contribution is 0.236. The third-order valence-electron chi connectivity index (χ3n) is 5.47. The number of rotatable bonds is 18. The van der Waals surface area contributed by atoms with Crippen molar-refractivity contribution < 1.29 is 41.4 Å². The number of ether oxygens (including phenoxy) is 3. The smallest absolute Gasteiger partial charge is 0.497 e. The first-order chi connectivity index (χ1) is 20.0. The van der Waals surface area contributed by atoms with Crippen molar-refractivity contribution in [2.75, 3.05) is 42.7 Å². The van der Waals surface area contributed by atoms with Crippen LogP contribution in [0.2, 0.25) is 0 Å². The SMILES string of the molecule is COc1cccc(COP(N[P+](N=[P+](OC)OCc2cccc(OC)c2)(OC)OCc2cccc(OC)c2)OC)c1. The predicted molar refractivity (Wildman–Crippen MR) is 161 cm³/mol. The molecule has 41 heavy (non-hydrogen) atoms. The quantitative estimate of drug-likeness (QED) is 0.142. The van der Waals surface area contributed by atoms with Crippen LogP contribution in [0.1, 0.15) is 16.7 Å². The molecule has 3 rings (SSSR count). The third kappa shape index (κ3) is 10.8. The average molecular weight is 627 g/mol. The molecular formula is C27H37N2O9P3+2. The van der Waals surface area contributed by atoms with Gasteiger partial charge in [0.1, 0.15) is 30.5 Å². The minimum absolute atomic E-state index is 0.168. The Morgan fingerprint density at radius 1 is 0.707 bits per heavy atom. The molecular weight excluding hydrogens is 589 g/mol. The van der Waals surface area contributed by atoms with E-state index in [0.29, 0.717) is 5.75 Å². The first kappa shape index (κ1) is 33.2. The summed E-state index contributed by atoms with van der Waals surface area (Å²) in [5.41, 5.74) is 2.67. The van der Waals surface area contributed by atoms with Crippen LogP contribution in [0.4, 0.5) is 0 Å². The van der Waals surface area contributed by atoms with E-state index in [1.807, 2.05) is 72.8 Å². The van der Waals surface area contributed by atoms with Crippen LogP contribution < -0.4 is 19.1 Å². The van der Waals surface area contributed by atoms with Gasteiger partial charge in [0.15, 0.2) is 0 Å². The molecule has 14 heteroatoms. The Labute approximate surface area is 244 Å². The molecule has 0 amide bonds. The van der Waals surface area contributed by atoms with Gasteiger partial charge >= 0.3 is 16.2 Å². The first-order valence-corrected chi connectivity index (χ1v) is 16.3. The van der Waals surface area contributed by atoms with Gasteiger partial charge in [0.25, 0.3) is 8.53 Å². The number of hydrogen-bond acceptors (Lipinski definition) is 11. The van der Waals surface area contributed by atoms with E-state index in [-0.39, 0.29) is 19.8 Å². The second kappa shape index (κ2) is 17.6. The Balaban J connectivity index is 1.83. The van der Waals surface area contributed by atoms with E-state index < -0.39 is 24.7 Å². The van der Waals surface area contributed by atoms with Gasteiger partial charge in [0.2, 0.25) is 4.52 Å². The van der Waals surface area contributed by atoms with Gasteiger partial charge in [-0.05, 0) is 57.9 Å². The van der Waals surface area contributed by atoms with Crippen LogP contribution in [0.3, 0.4) is 0 Å². The highest BCUT2D eigenvalue weighted by atomic mass is 31.3. The number of nitrogens with one attached hydrogen (secondary N) is 1. The summed E-state index contributed by atoms with van der Waals surface area (Å²) in [5, 5.41) is 0. The molecule has 3 aromatic rings. The lowest BCUT2D eigenvalue weighted by Gasteiger charge is -2.19. The monoisotopic (exact) mass is 626 g/mol. The van der Waals surface area contributed by atoms with Gasteiger partial charge in [0, 0.05) is 7.11 Å². The Morgan fingerprint density at radius 2 is 1.22 bits per heavy atom. The molecule has 0 aliphatic carbocycles. The maximum atomic E-state index is 6.33. The van der Waals surface area contributed by atoms with Gasteiger partial charge in [-0.25, -0.2) is 0 Å². The van der Waals surface area contributed by atoms with E-state index in [0.717, 1.165) is 28.2 Å². The van der Waals surface area contributed by atoms with E-state index >= 15 is 0 Å². The zero-order chi connectivity index (χ0) is 29.5. The van der Waals surface area contributed by atoms with Gasteiger partial charge in [-0.3, -0.25) is 0 Å². The largest absolute Gasteiger partial charge is 0.605 e. The molecule has 3 aromatic carbocycles. The van der Waals surface area contributed by atoms with Crippen molar-refractivity contribution in [1.82, 2.24) is 4.86 Å². The van der Waals surface area contributed by atoms with Crippen LogP contribution in [-0.4, -0.2) is 42.7 Å². The Morgan fingerprint density at radius 3 is 1.68 bits per heavy atom. The van der Waals surface area contributed by atoms with Gasteiger partial charge in [-0.1, -0.05) is 36.4 Å². The summed E-state index contributed by atoms with van der Waals surface area (Å²) in [6, 6.07) is 22.7. The van der Waals surface area contributed by atoms with Crippen LogP contribution >= 0.6 is 24.7 Å². The molecule has 0 saturated carbocycles. The van der Waals surface area contributed by atoms with Crippen LogP contribution in [0.5, 0.6) is 17.2 Å². The molecule has 0 fully saturated rings. The Bertz CT molecular complexity index is 1250. The number of nitrogens with zero attached hydrogens (tertiary/aromatic N) is 1. The van der Waals surface area contributed by atoms with Gasteiger partial charge < -0.3 is 23.3 Å². The lowest BCUT2D eigenvalue weighted by atomic mass is 10.2. The standard InChI is InChI=1S/C27H37N2O9P3/c1-30-25-13-7-10-22(16-25)19-36-39(33-4)28-41(35-6,38-21-24-12-9-15-27(18-24)32-3)29-40(34-5)37-20-23-11-8-14-26(17-23)31-2/h7-18,28H,19-21H2,1-6H3/q+2. The number of benzene rings is 3. The number of methoxy groups -OCH3 is 3. The fraction of sp³-hybridized carbons (Fsp3) is 0.333. The minimum Gasteiger partial charge on any atom is -0.497 e. The molecule has 0 spiro atoms. The van der Waals surface area contributed by atoms with Crippen LogP contribution in [0, 0.1) is 0 Å². The van der Waals surface area contributed by atoms with Crippen LogP contribution in [0.15, 0.2) is 77.3 Å². The van der Waals surface area contributed by atoms with E-state index in [4.69, 9.17) is 45.9 Å². The molecule has 1 N–H and O–H groups in total. The highest BCUT2D eigenvalue weighted by Gasteiger charge is 2.54. The summed E-state index contributed by atoms with van der Waals surface area (Å²) in [7, 11) is 2.67. The molecule has 0 bridgehead atoms. The van der Waals surface area contributed by atoms with Crippen molar-refractivity contribution in [2.45, 2.75) is 19.8 Å². The normalized spacial score (nSPS) is 13.9. The van der Waals surface area contributed by atoms with Crippen LogP contribution in [0.25, 0.3) is 0 Å². The molecule has 0 saturated heterocycles. The molecule has 0 heterocycles. The lowest BCUT2D eigenvalue weighted by Crippen LogP contribution is -2.15.